The van der Waals surface area contributed by atoms with Crippen LogP contribution in [-0.2, 0) is 17.8 Å². The van der Waals surface area contributed by atoms with Crippen molar-refractivity contribution in [2.45, 2.75) is 39.1 Å². The summed E-state index contributed by atoms with van der Waals surface area (Å²) in [5.74, 6) is 0. The van der Waals surface area contributed by atoms with Crippen LogP contribution in [0.4, 0.5) is 0 Å². The van der Waals surface area contributed by atoms with E-state index in [-0.39, 0.29) is 12.2 Å². The molecule has 0 spiro atoms. The van der Waals surface area contributed by atoms with Gasteiger partial charge in [-0.25, -0.2) is 0 Å². The highest BCUT2D eigenvalue weighted by Gasteiger charge is 2.24. The Balaban J connectivity index is 1.93. The molecule has 1 aromatic heterocycles. The minimum absolute atomic E-state index is 0.167. The van der Waals surface area contributed by atoms with Gasteiger partial charge in [-0.3, -0.25) is 9.58 Å². The minimum Gasteiger partial charge on any atom is -0.371 e. The number of rotatable bonds is 4. The molecule has 0 aliphatic carbocycles. The third-order valence-corrected chi connectivity index (χ3v) is 3.08. The molecule has 0 saturated carbocycles. The van der Waals surface area contributed by atoms with Gasteiger partial charge in [0.25, 0.3) is 0 Å². The molecule has 5 nitrogen and oxygen atoms in total. The lowest BCUT2D eigenvalue weighted by Crippen LogP contribution is -2.48. The van der Waals surface area contributed by atoms with Gasteiger partial charge in [-0.1, -0.05) is 0 Å². The summed E-state index contributed by atoms with van der Waals surface area (Å²) in [5.41, 5.74) is 6.94. The number of nitrogens with zero attached hydrogens (tertiary/aromatic N) is 3. The van der Waals surface area contributed by atoms with Crippen LogP contribution in [0.3, 0.4) is 0 Å². The third-order valence-electron chi connectivity index (χ3n) is 3.08. The second-order valence-corrected chi connectivity index (χ2v) is 4.70. The quantitative estimate of drug-likeness (QED) is 0.827. The highest BCUT2D eigenvalue weighted by atomic mass is 16.5. The van der Waals surface area contributed by atoms with Crippen molar-refractivity contribution >= 4 is 0 Å². The van der Waals surface area contributed by atoms with Crippen LogP contribution >= 0.6 is 0 Å². The zero-order chi connectivity index (χ0) is 12.3. The third kappa shape index (κ3) is 3.28. The van der Waals surface area contributed by atoms with Crippen molar-refractivity contribution < 1.29 is 4.74 Å². The topological polar surface area (TPSA) is 56.3 Å². The van der Waals surface area contributed by atoms with Gasteiger partial charge in [0.05, 0.1) is 18.4 Å². The molecule has 2 rings (SSSR count). The molecule has 96 valence electrons. The first-order valence-corrected chi connectivity index (χ1v) is 6.30. The number of hydrogen-bond acceptors (Lipinski definition) is 4. The van der Waals surface area contributed by atoms with E-state index in [0.717, 1.165) is 26.2 Å². The van der Waals surface area contributed by atoms with Crippen LogP contribution < -0.4 is 5.73 Å². The van der Waals surface area contributed by atoms with E-state index in [0.29, 0.717) is 6.54 Å². The second kappa shape index (κ2) is 5.62. The number of hydrogen-bond donors (Lipinski definition) is 1. The first-order chi connectivity index (χ1) is 8.21. The van der Waals surface area contributed by atoms with E-state index in [1.807, 2.05) is 10.9 Å². The van der Waals surface area contributed by atoms with Crippen LogP contribution in [0.5, 0.6) is 0 Å². The lowest BCUT2D eigenvalue weighted by atomic mass is 10.2. The van der Waals surface area contributed by atoms with Gasteiger partial charge in [0.1, 0.15) is 0 Å². The average molecular weight is 238 g/mol. The zero-order valence-electron chi connectivity index (χ0n) is 10.7. The Morgan fingerprint density at radius 3 is 3.00 bits per heavy atom. The molecular formula is C12H22N4O. The summed E-state index contributed by atoms with van der Waals surface area (Å²) in [6, 6.07) is 0. The number of aryl methyl sites for hydroxylation is 1. The van der Waals surface area contributed by atoms with E-state index in [1.54, 1.807) is 0 Å². The van der Waals surface area contributed by atoms with Crippen LogP contribution in [0.15, 0.2) is 12.4 Å². The molecule has 1 saturated heterocycles. The highest BCUT2D eigenvalue weighted by molar-refractivity contribution is 5.04. The van der Waals surface area contributed by atoms with Crippen molar-refractivity contribution in [2.24, 2.45) is 5.73 Å². The molecule has 1 aliphatic rings. The second-order valence-electron chi connectivity index (χ2n) is 4.70. The lowest BCUT2D eigenvalue weighted by Gasteiger charge is -2.36. The fraction of sp³-hybridized carbons (Fsp3) is 0.750. The SMILES string of the molecule is CCn1cc(CN2CC(C)OC(CN)C2)cn1. The van der Waals surface area contributed by atoms with E-state index in [1.165, 1.54) is 5.56 Å². The number of aromatic nitrogens is 2. The summed E-state index contributed by atoms with van der Waals surface area (Å²) in [6.07, 6.45) is 4.48. The molecule has 0 bridgehead atoms. The smallest absolute Gasteiger partial charge is 0.0828 e. The van der Waals surface area contributed by atoms with Crippen molar-refractivity contribution in [3.8, 4) is 0 Å². The largest absolute Gasteiger partial charge is 0.371 e. The maximum atomic E-state index is 5.74. The molecule has 2 unspecified atom stereocenters. The van der Waals surface area contributed by atoms with Gasteiger partial charge >= 0.3 is 0 Å². The summed E-state index contributed by atoms with van der Waals surface area (Å²) in [5, 5.41) is 4.29. The molecule has 1 aliphatic heterocycles. The molecule has 2 heterocycles. The number of ether oxygens (including phenoxy) is 1. The summed E-state index contributed by atoms with van der Waals surface area (Å²) < 4.78 is 7.70. The van der Waals surface area contributed by atoms with Crippen molar-refractivity contribution in [2.75, 3.05) is 19.6 Å². The monoisotopic (exact) mass is 238 g/mol. The lowest BCUT2D eigenvalue weighted by molar-refractivity contribution is -0.0745. The van der Waals surface area contributed by atoms with Crippen LogP contribution in [0.25, 0.3) is 0 Å². The Bertz CT molecular complexity index is 352. The maximum Gasteiger partial charge on any atom is 0.0828 e. The zero-order valence-corrected chi connectivity index (χ0v) is 10.7. The highest BCUT2D eigenvalue weighted by Crippen LogP contribution is 2.13. The van der Waals surface area contributed by atoms with Crippen molar-refractivity contribution in [3.05, 3.63) is 18.0 Å². The maximum absolute atomic E-state index is 5.74. The Morgan fingerprint density at radius 1 is 1.53 bits per heavy atom. The van der Waals surface area contributed by atoms with Crippen LogP contribution in [0, 0.1) is 0 Å². The molecule has 17 heavy (non-hydrogen) atoms. The van der Waals surface area contributed by atoms with E-state index in [9.17, 15) is 0 Å². The summed E-state index contributed by atoms with van der Waals surface area (Å²) in [7, 11) is 0. The van der Waals surface area contributed by atoms with Gasteiger partial charge in [0.15, 0.2) is 0 Å². The Labute approximate surface area is 103 Å². The molecular weight excluding hydrogens is 216 g/mol. The van der Waals surface area contributed by atoms with Crippen molar-refractivity contribution in [1.29, 1.82) is 0 Å². The van der Waals surface area contributed by atoms with Gasteiger partial charge in [-0.2, -0.15) is 5.10 Å². The first kappa shape index (κ1) is 12.5. The predicted octanol–water partition coefficient (Wildman–Crippen LogP) is 0.451. The van der Waals surface area contributed by atoms with E-state index >= 15 is 0 Å². The fourth-order valence-electron chi connectivity index (χ4n) is 2.32. The average Bonchev–Trinajstić information content (AvgIpc) is 2.76. The van der Waals surface area contributed by atoms with Crippen LogP contribution in [0.1, 0.15) is 19.4 Å². The minimum atomic E-state index is 0.167. The van der Waals surface area contributed by atoms with Crippen molar-refractivity contribution in [1.82, 2.24) is 14.7 Å². The van der Waals surface area contributed by atoms with Gasteiger partial charge in [-0.15, -0.1) is 0 Å². The van der Waals surface area contributed by atoms with Crippen molar-refractivity contribution in [3.63, 3.8) is 0 Å². The van der Waals surface area contributed by atoms with Crippen LogP contribution in [-0.4, -0.2) is 46.5 Å². The molecule has 1 aromatic rings. The van der Waals surface area contributed by atoms with Gasteiger partial charge in [0.2, 0.25) is 0 Å². The van der Waals surface area contributed by atoms with E-state index < -0.39 is 0 Å². The summed E-state index contributed by atoms with van der Waals surface area (Å²) in [4.78, 5) is 2.39. The molecule has 2 atom stereocenters. The Morgan fingerprint density at radius 2 is 2.35 bits per heavy atom. The Kier molecular flexibility index (Phi) is 4.15. The molecule has 1 fully saturated rings. The van der Waals surface area contributed by atoms with E-state index in [2.05, 4.69) is 30.0 Å². The summed E-state index contributed by atoms with van der Waals surface area (Å²) >= 11 is 0. The Hall–Kier alpha value is -0.910. The number of nitrogens with two attached hydrogens (primary N) is 1. The fourth-order valence-corrected chi connectivity index (χ4v) is 2.32. The standard InChI is InChI=1S/C12H22N4O/c1-3-16-8-11(5-14-16)7-15-6-10(2)17-12(4-13)9-15/h5,8,10,12H,3-4,6-7,9,13H2,1-2H3. The van der Waals surface area contributed by atoms with Gasteiger partial charge < -0.3 is 10.5 Å². The molecule has 0 amide bonds. The van der Waals surface area contributed by atoms with Gasteiger partial charge in [-0.05, 0) is 13.8 Å². The molecule has 0 radical (unpaired) electrons. The molecule has 5 heteroatoms. The number of morpholine rings is 1. The van der Waals surface area contributed by atoms with Gasteiger partial charge in [0, 0.05) is 44.5 Å². The predicted molar refractivity (Wildman–Crippen MR) is 66.6 cm³/mol. The first-order valence-electron chi connectivity index (χ1n) is 6.30. The summed E-state index contributed by atoms with van der Waals surface area (Å²) in [6.45, 7) is 8.53. The molecule has 2 N–H and O–H groups in total. The molecule has 0 aromatic carbocycles. The van der Waals surface area contributed by atoms with Crippen LogP contribution in [0.2, 0.25) is 0 Å². The normalized spacial score (nSPS) is 26.3. The van der Waals surface area contributed by atoms with E-state index in [4.69, 9.17) is 10.5 Å².